The Hall–Kier alpha value is -3.63. The molecule has 0 aromatic carbocycles. The first-order valence-electron chi connectivity index (χ1n) is 10.4. The zero-order valence-corrected chi connectivity index (χ0v) is 18.8. The van der Waals surface area contributed by atoms with Gasteiger partial charge in [0.15, 0.2) is 5.69 Å². The number of esters is 1. The lowest BCUT2D eigenvalue weighted by atomic mass is 10.1. The summed E-state index contributed by atoms with van der Waals surface area (Å²) in [5.41, 5.74) is 2.59. The zero-order chi connectivity index (χ0) is 24.1. The number of pyridine rings is 1. The lowest BCUT2D eigenvalue weighted by Gasteiger charge is -2.08. The molecule has 4 aromatic rings. The van der Waals surface area contributed by atoms with Crippen LogP contribution in [0.15, 0.2) is 30.7 Å². The average molecular weight is 460 g/mol. The van der Waals surface area contributed by atoms with Crippen LogP contribution >= 0.6 is 0 Å². The van der Waals surface area contributed by atoms with Crippen LogP contribution in [0.2, 0.25) is 0 Å². The first-order valence-corrected chi connectivity index (χ1v) is 10.4. The quantitative estimate of drug-likeness (QED) is 0.401. The summed E-state index contributed by atoms with van der Waals surface area (Å²) in [6.45, 7) is 9.43. The van der Waals surface area contributed by atoms with Crippen LogP contribution in [0.1, 0.15) is 54.3 Å². The minimum atomic E-state index is -4.81. The SMILES string of the molecule is CCOC(=O)c1cn(-c2ccn3ncc(-c4c(C)nn(C(C)C)c4C)c3c2)nc1C(F)(F)F. The van der Waals surface area contributed by atoms with E-state index in [1.54, 1.807) is 29.0 Å². The van der Waals surface area contributed by atoms with Crippen molar-refractivity contribution in [3.8, 4) is 16.8 Å². The van der Waals surface area contributed by atoms with Gasteiger partial charge in [-0.15, -0.1) is 0 Å². The number of aryl methyl sites for hydroxylation is 1. The second kappa shape index (κ2) is 8.05. The number of alkyl halides is 3. The molecule has 0 saturated carbocycles. The highest BCUT2D eigenvalue weighted by Gasteiger charge is 2.40. The van der Waals surface area contributed by atoms with Crippen molar-refractivity contribution in [3.05, 3.63) is 53.4 Å². The van der Waals surface area contributed by atoms with E-state index in [4.69, 9.17) is 4.74 Å². The normalized spacial score (nSPS) is 12.2. The fourth-order valence-electron chi connectivity index (χ4n) is 3.93. The van der Waals surface area contributed by atoms with Crippen molar-refractivity contribution < 1.29 is 22.7 Å². The first kappa shape index (κ1) is 22.6. The molecular formula is C22H23F3N6O2. The van der Waals surface area contributed by atoms with Crippen molar-refractivity contribution >= 4 is 11.5 Å². The summed E-state index contributed by atoms with van der Waals surface area (Å²) in [6, 6.07) is 3.42. The van der Waals surface area contributed by atoms with Crippen LogP contribution in [-0.2, 0) is 10.9 Å². The van der Waals surface area contributed by atoms with Gasteiger partial charge in [-0.2, -0.15) is 28.5 Å². The van der Waals surface area contributed by atoms with Gasteiger partial charge in [-0.25, -0.2) is 14.0 Å². The molecular weight excluding hydrogens is 437 g/mol. The Morgan fingerprint density at radius 2 is 1.94 bits per heavy atom. The monoisotopic (exact) mass is 460 g/mol. The molecule has 174 valence electrons. The number of carbonyl (C=O) groups excluding carboxylic acids is 1. The number of fused-ring (bicyclic) bond motifs is 1. The minimum Gasteiger partial charge on any atom is -0.462 e. The predicted octanol–water partition coefficient (Wildman–Crippen LogP) is 4.78. The molecule has 8 nitrogen and oxygen atoms in total. The Bertz CT molecular complexity index is 1350. The summed E-state index contributed by atoms with van der Waals surface area (Å²) in [5, 5.41) is 12.6. The third-order valence-corrected chi connectivity index (χ3v) is 5.33. The number of hydrogen-bond donors (Lipinski definition) is 0. The zero-order valence-electron chi connectivity index (χ0n) is 18.8. The molecule has 0 fully saturated rings. The van der Waals surface area contributed by atoms with Crippen molar-refractivity contribution in [2.45, 2.75) is 46.8 Å². The van der Waals surface area contributed by atoms with Crippen LogP contribution in [0.4, 0.5) is 13.2 Å². The van der Waals surface area contributed by atoms with E-state index in [0.717, 1.165) is 33.4 Å². The minimum absolute atomic E-state index is 0.0464. The van der Waals surface area contributed by atoms with Crippen molar-refractivity contribution in [3.63, 3.8) is 0 Å². The van der Waals surface area contributed by atoms with Gasteiger partial charge in [0.1, 0.15) is 5.56 Å². The highest BCUT2D eigenvalue weighted by molar-refractivity contribution is 5.91. The van der Waals surface area contributed by atoms with Crippen LogP contribution in [0.3, 0.4) is 0 Å². The Labute approximate surface area is 187 Å². The second-order valence-corrected chi connectivity index (χ2v) is 7.91. The van der Waals surface area contributed by atoms with Crippen molar-refractivity contribution in [1.29, 1.82) is 0 Å². The smallest absolute Gasteiger partial charge is 0.436 e. The highest BCUT2D eigenvalue weighted by atomic mass is 19.4. The summed E-state index contributed by atoms with van der Waals surface area (Å²) >= 11 is 0. The van der Waals surface area contributed by atoms with Gasteiger partial charge >= 0.3 is 12.1 Å². The van der Waals surface area contributed by atoms with Crippen LogP contribution < -0.4 is 0 Å². The molecule has 0 N–H and O–H groups in total. The molecule has 0 spiro atoms. The van der Waals surface area contributed by atoms with E-state index in [9.17, 15) is 18.0 Å². The third-order valence-electron chi connectivity index (χ3n) is 5.33. The maximum atomic E-state index is 13.5. The molecule has 0 amide bonds. The number of rotatable bonds is 5. The van der Waals surface area contributed by atoms with Gasteiger partial charge in [-0.1, -0.05) is 0 Å². The predicted molar refractivity (Wildman–Crippen MR) is 114 cm³/mol. The summed E-state index contributed by atoms with van der Waals surface area (Å²) in [4.78, 5) is 12.1. The third kappa shape index (κ3) is 3.87. The number of hydrogen-bond acceptors (Lipinski definition) is 5. The largest absolute Gasteiger partial charge is 0.462 e. The van der Waals surface area contributed by atoms with E-state index in [0.29, 0.717) is 11.2 Å². The van der Waals surface area contributed by atoms with E-state index < -0.39 is 23.4 Å². The lowest BCUT2D eigenvalue weighted by molar-refractivity contribution is -0.141. The van der Waals surface area contributed by atoms with Gasteiger partial charge in [0.2, 0.25) is 0 Å². The molecule has 33 heavy (non-hydrogen) atoms. The Kier molecular flexibility index (Phi) is 5.51. The van der Waals surface area contributed by atoms with Crippen molar-refractivity contribution in [1.82, 2.24) is 29.2 Å². The highest BCUT2D eigenvalue weighted by Crippen LogP contribution is 2.34. The maximum absolute atomic E-state index is 13.5. The number of halogens is 3. The first-order chi connectivity index (χ1) is 15.5. The maximum Gasteiger partial charge on any atom is 0.436 e. The summed E-state index contributed by atoms with van der Waals surface area (Å²) < 4.78 is 49.9. The lowest BCUT2D eigenvalue weighted by Crippen LogP contribution is -2.14. The van der Waals surface area contributed by atoms with Gasteiger partial charge < -0.3 is 4.74 Å². The van der Waals surface area contributed by atoms with E-state index in [-0.39, 0.29) is 12.6 Å². The van der Waals surface area contributed by atoms with Gasteiger partial charge in [0, 0.05) is 35.3 Å². The second-order valence-electron chi connectivity index (χ2n) is 7.91. The molecule has 0 radical (unpaired) electrons. The molecule has 4 heterocycles. The van der Waals surface area contributed by atoms with Gasteiger partial charge in [0.05, 0.1) is 29.7 Å². The number of nitrogens with zero attached hydrogens (tertiary/aromatic N) is 6. The fraction of sp³-hybridized carbons (Fsp3) is 0.364. The number of carbonyl (C=O) groups is 1. The van der Waals surface area contributed by atoms with Gasteiger partial charge in [0.25, 0.3) is 0 Å². The molecule has 0 atom stereocenters. The van der Waals surface area contributed by atoms with Crippen molar-refractivity contribution in [2.75, 3.05) is 6.61 Å². The van der Waals surface area contributed by atoms with E-state index in [1.165, 1.54) is 6.92 Å². The van der Waals surface area contributed by atoms with E-state index in [2.05, 4.69) is 15.3 Å². The standard InChI is InChI=1S/C22H23F3N6O2/c1-6-33-21(32)17-11-30(28-20(17)22(23,24)25)15-7-8-29-18(9-15)16(10-26-29)19-13(4)27-31(12(2)3)14(19)5/h7-12H,6H2,1-5H3. The molecule has 0 aliphatic rings. The molecule has 4 aromatic heterocycles. The number of aromatic nitrogens is 6. The van der Waals surface area contributed by atoms with Crippen molar-refractivity contribution in [2.24, 2.45) is 0 Å². The molecule has 0 aliphatic heterocycles. The molecule has 0 unspecified atom stereocenters. The van der Waals surface area contributed by atoms with Crippen LogP contribution in [0, 0.1) is 13.8 Å². The fourth-order valence-corrected chi connectivity index (χ4v) is 3.93. The van der Waals surface area contributed by atoms with Crippen LogP contribution in [-0.4, -0.2) is 41.8 Å². The Morgan fingerprint density at radius 3 is 2.55 bits per heavy atom. The van der Waals surface area contributed by atoms with E-state index in [1.807, 2.05) is 32.4 Å². The van der Waals surface area contributed by atoms with Gasteiger partial charge in [-0.05, 0) is 46.8 Å². The van der Waals surface area contributed by atoms with Gasteiger partial charge in [-0.3, -0.25) is 4.68 Å². The number of ether oxygens (including phenoxy) is 1. The summed E-state index contributed by atoms with van der Waals surface area (Å²) in [7, 11) is 0. The topological polar surface area (TPSA) is 79.2 Å². The Balaban J connectivity index is 1.86. The van der Waals surface area contributed by atoms with Crippen LogP contribution in [0.5, 0.6) is 0 Å². The molecule has 11 heteroatoms. The molecule has 0 saturated heterocycles. The van der Waals surface area contributed by atoms with E-state index >= 15 is 0 Å². The molecule has 0 bridgehead atoms. The average Bonchev–Trinajstić information content (AvgIpc) is 3.43. The summed E-state index contributed by atoms with van der Waals surface area (Å²) in [6.07, 6.45) is -0.436. The Morgan fingerprint density at radius 1 is 1.21 bits per heavy atom. The summed E-state index contributed by atoms with van der Waals surface area (Å²) in [5.74, 6) is -1.07. The van der Waals surface area contributed by atoms with Crippen LogP contribution in [0.25, 0.3) is 22.3 Å². The molecule has 0 aliphatic carbocycles. The molecule has 4 rings (SSSR count).